The van der Waals surface area contributed by atoms with Crippen LogP contribution in [0.4, 0.5) is 5.69 Å². The van der Waals surface area contributed by atoms with Crippen LogP contribution in [0.5, 0.6) is 5.75 Å². The van der Waals surface area contributed by atoms with E-state index >= 15 is 0 Å². The molecule has 3 rings (SSSR count). The molecule has 0 radical (unpaired) electrons. The van der Waals surface area contributed by atoms with Crippen molar-refractivity contribution >= 4 is 35.1 Å². The van der Waals surface area contributed by atoms with Crippen LogP contribution < -0.4 is 10.1 Å². The number of methoxy groups -OCH3 is 1. The number of ether oxygens (including phenoxy) is 1. The number of rotatable bonds is 6. The summed E-state index contributed by atoms with van der Waals surface area (Å²) in [5.74, 6) is 0.394. The fourth-order valence-electron chi connectivity index (χ4n) is 2.83. The van der Waals surface area contributed by atoms with Crippen LogP contribution in [0, 0.1) is 13.8 Å². The van der Waals surface area contributed by atoms with E-state index in [2.05, 4.69) is 37.4 Å². The first-order valence-electron chi connectivity index (χ1n) is 8.88. The molecule has 0 atom stereocenters. The van der Waals surface area contributed by atoms with E-state index < -0.39 is 0 Å². The number of amides is 1. The molecule has 0 heterocycles. The fraction of sp³-hybridized carbons (Fsp3) is 0.174. The van der Waals surface area contributed by atoms with Crippen LogP contribution in [0.15, 0.2) is 75.4 Å². The van der Waals surface area contributed by atoms with Crippen LogP contribution >= 0.6 is 23.5 Å². The number of thioether (sulfide) groups is 1. The molecule has 0 saturated heterocycles. The molecule has 0 unspecified atom stereocenters. The molecule has 1 amide bonds. The van der Waals surface area contributed by atoms with E-state index in [9.17, 15) is 4.79 Å². The zero-order valence-electron chi connectivity index (χ0n) is 16.4. The average Bonchev–Trinajstić information content (AvgIpc) is 2.70. The Labute approximate surface area is 174 Å². The first-order valence-corrected chi connectivity index (χ1v) is 10.9. The molecule has 0 bridgehead atoms. The van der Waals surface area contributed by atoms with E-state index in [0.717, 1.165) is 15.5 Å². The summed E-state index contributed by atoms with van der Waals surface area (Å²) < 4.78 is 5.37. The summed E-state index contributed by atoms with van der Waals surface area (Å²) in [4.78, 5) is 16.1. The second-order valence-electron chi connectivity index (χ2n) is 6.42. The Morgan fingerprint density at radius 2 is 1.64 bits per heavy atom. The maximum absolute atomic E-state index is 12.6. The van der Waals surface area contributed by atoms with E-state index in [4.69, 9.17) is 4.74 Å². The quantitative estimate of drug-likeness (QED) is 0.476. The van der Waals surface area contributed by atoms with Crippen molar-refractivity contribution in [3.8, 4) is 5.75 Å². The minimum absolute atomic E-state index is 0.181. The average molecular weight is 410 g/mol. The monoisotopic (exact) mass is 409 g/mol. The van der Waals surface area contributed by atoms with Crippen LogP contribution in [0.1, 0.15) is 21.5 Å². The van der Waals surface area contributed by atoms with Crippen molar-refractivity contribution in [1.82, 2.24) is 0 Å². The summed E-state index contributed by atoms with van der Waals surface area (Å²) in [7, 11) is 1.58. The summed E-state index contributed by atoms with van der Waals surface area (Å²) in [6.45, 7) is 4.22. The molecule has 1 N–H and O–H groups in total. The van der Waals surface area contributed by atoms with Gasteiger partial charge in [0.05, 0.1) is 12.7 Å². The van der Waals surface area contributed by atoms with Crippen molar-refractivity contribution in [2.24, 2.45) is 0 Å². The van der Waals surface area contributed by atoms with Crippen LogP contribution in [0.3, 0.4) is 0 Å². The first kappa shape index (κ1) is 20.4. The molecule has 3 aromatic rings. The first-order chi connectivity index (χ1) is 13.5. The highest BCUT2D eigenvalue weighted by atomic mass is 32.2. The Morgan fingerprint density at radius 1 is 0.929 bits per heavy atom. The summed E-state index contributed by atoms with van der Waals surface area (Å²) in [6.07, 6.45) is 1.99. The van der Waals surface area contributed by atoms with Crippen LogP contribution in [0.2, 0.25) is 0 Å². The molecule has 0 aromatic heterocycles. The molecule has 144 valence electrons. The molecule has 5 heteroatoms. The Morgan fingerprint density at radius 3 is 2.29 bits per heavy atom. The number of benzene rings is 3. The third kappa shape index (κ3) is 4.91. The molecule has 3 nitrogen and oxygen atoms in total. The molecule has 0 aliphatic carbocycles. The van der Waals surface area contributed by atoms with Gasteiger partial charge in [-0.25, -0.2) is 0 Å². The maximum Gasteiger partial charge on any atom is 0.259 e. The van der Waals surface area contributed by atoms with Gasteiger partial charge >= 0.3 is 0 Å². The Hall–Kier alpha value is -2.37. The van der Waals surface area contributed by atoms with Gasteiger partial charge < -0.3 is 10.1 Å². The van der Waals surface area contributed by atoms with Crippen LogP contribution in [-0.2, 0) is 0 Å². The van der Waals surface area contributed by atoms with Gasteiger partial charge in [-0.2, -0.15) is 0 Å². The minimum atomic E-state index is -0.181. The fourth-order valence-corrected chi connectivity index (χ4v) is 4.14. The predicted molar refractivity (Wildman–Crippen MR) is 119 cm³/mol. The van der Waals surface area contributed by atoms with Crippen molar-refractivity contribution in [2.75, 3.05) is 18.7 Å². The summed E-state index contributed by atoms with van der Waals surface area (Å²) >= 11 is 3.33. The van der Waals surface area contributed by atoms with Gasteiger partial charge in [0, 0.05) is 20.4 Å². The highest BCUT2D eigenvalue weighted by Gasteiger charge is 2.13. The number of hydrogen-bond acceptors (Lipinski definition) is 4. The van der Waals surface area contributed by atoms with Gasteiger partial charge in [-0.15, -0.1) is 11.8 Å². The molecule has 3 aromatic carbocycles. The zero-order chi connectivity index (χ0) is 20.1. The zero-order valence-corrected chi connectivity index (χ0v) is 18.0. The topological polar surface area (TPSA) is 38.3 Å². The number of carbonyl (C=O) groups excluding carboxylic acids is 1. The standard InChI is InChI=1S/C23H23NO2S2/c1-15-5-12-22(16(2)13-15)28-18-8-6-17(7-9-18)24-23(25)20-11-10-19(27-4)14-21(20)26-3/h5-14H,1-4H3,(H,24,25). The van der Waals surface area contributed by atoms with E-state index in [1.165, 1.54) is 16.0 Å². The minimum Gasteiger partial charge on any atom is -0.496 e. The van der Waals surface area contributed by atoms with E-state index in [0.29, 0.717) is 11.3 Å². The lowest BCUT2D eigenvalue weighted by atomic mass is 10.2. The lowest BCUT2D eigenvalue weighted by Gasteiger charge is -2.11. The van der Waals surface area contributed by atoms with Gasteiger partial charge in [0.15, 0.2) is 0 Å². The second-order valence-corrected chi connectivity index (χ2v) is 8.41. The van der Waals surface area contributed by atoms with Gasteiger partial charge in [-0.3, -0.25) is 4.79 Å². The molecule has 0 fully saturated rings. The number of anilines is 1. The van der Waals surface area contributed by atoms with Crippen molar-refractivity contribution < 1.29 is 9.53 Å². The Balaban J connectivity index is 1.71. The van der Waals surface area contributed by atoms with Crippen molar-refractivity contribution in [3.05, 3.63) is 77.4 Å². The van der Waals surface area contributed by atoms with E-state index in [1.54, 1.807) is 36.7 Å². The molecule has 0 saturated carbocycles. The molecule has 0 spiro atoms. The lowest BCUT2D eigenvalue weighted by Crippen LogP contribution is -2.13. The van der Waals surface area contributed by atoms with E-state index in [-0.39, 0.29) is 5.91 Å². The van der Waals surface area contributed by atoms with Crippen LogP contribution in [0.25, 0.3) is 0 Å². The number of carbonyl (C=O) groups is 1. The second kappa shape index (κ2) is 9.22. The Kier molecular flexibility index (Phi) is 6.70. The lowest BCUT2D eigenvalue weighted by molar-refractivity contribution is 0.102. The third-order valence-corrected chi connectivity index (χ3v) is 6.23. The summed E-state index contributed by atoms with van der Waals surface area (Å²) in [6, 6.07) is 19.9. The highest BCUT2D eigenvalue weighted by molar-refractivity contribution is 7.99. The van der Waals surface area contributed by atoms with Gasteiger partial charge in [0.25, 0.3) is 5.91 Å². The molecular weight excluding hydrogens is 386 g/mol. The molecule has 28 heavy (non-hydrogen) atoms. The largest absolute Gasteiger partial charge is 0.496 e. The normalized spacial score (nSPS) is 10.6. The molecular formula is C23H23NO2S2. The van der Waals surface area contributed by atoms with Crippen molar-refractivity contribution in [3.63, 3.8) is 0 Å². The van der Waals surface area contributed by atoms with Gasteiger partial charge in [-0.1, -0.05) is 29.5 Å². The number of hydrogen-bond donors (Lipinski definition) is 1. The summed E-state index contributed by atoms with van der Waals surface area (Å²) in [5.41, 5.74) is 3.81. The third-order valence-electron chi connectivity index (χ3n) is 4.32. The van der Waals surface area contributed by atoms with Gasteiger partial charge in [0.2, 0.25) is 0 Å². The van der Waals surface area contributed by atoms with Gasteiger partial charge in [-0.05, 0) is 74.2 Å². The van der Waals surface area contributed by atoms with Crippen LogP contribution in [-0.4, -0.2) is 19.3 Å². The smallest absolute Gasteiger partial charge is 0.259 e. The van der Waals surface area contributed by atoms with E-state index in [1.807, 2.05) is 42.7 Å². The Bertz CT molecular complexity index is 984. The van der Waals surface area contributed by atoms with Crippen molar-refractivity contribution in [2.45, 2.75) is 28.5 Å². The maximum atomic E-state index is 12.6. The summed E-state index contributed by atoms with van der Waals surface area (Å²) in [5, 5.41) is 2.95. The SMILES string of the molecule is COc1cc(SC)ccc1C(=O)Nc1ccc(Sc2ccc(C)cc2C)cc1. The van der Waals surface area contributed by atoms with Crippen molar-refractivity contribution in [1.29, 1.82) is 0 Å². The number of nitrogens with one attached hydrogen (secondary N) is 1. The highest BCUT2D eigenvalue weighted by Crippen LogP contribution is 2.32. The molecule has 0 aliphatic rings. The predicted octanol–water partition coefficient (Wildman–Crippen LogP) is 6.44. The molecule has 0 aliphatic heterocycles. The number of aryl methyl sites for hydroxylation is 2. The van der Waals surface area contributed by atoms with Gasteiger partial charge in [0.1, 0.15) is 5.75 Å².